The van der Waals surface area contributed by atoms with Gasteiger partial charge in [0, 0.05) is 20.1 Å². The van der Waals surface area contributed by atoms with Gasteiger partial charge in [0.05, 0.1) is 21.3 Å². The molecule has 0 unspecified atom stereocenters. The average Bonchev–Trinajstić information content (AvgIpc) is 3.34. The van der Waals surface area contributed by atoms with E-state index >= 15 is 0 Å². The van der Waals surface area contributed by atoms with Gasteiger partial charge in [0.15, 0.2) is 10.8 Å². The van der Waals surface area contributed by atoms with E-state index in [-0.39, 0.29) is 10.6 Å². The van der Waals surface area contributed by atoms with E-state index in [1.807, 2.05) is 0 Å². The lowest BCUT2D eigenvalue weighted by Crippen LogP contribution is -2.27. The summed E-state index contributed by atoms with van der Waals surface area (Å²) in [5.74, 6) is -0.415. The summed E-state index contributed by atoms with van der Waals surface area (Å²) in [6.07, 6.45) is 3.28. The lowest BCUT2D eigenvalue weighted by molar-refractivity contribution is 0.102. The highest BCUT2D eigenvalue weighted by atomic mass is 32.2. The number of aromatic nitrogens is 4. The molecule has 3 aromatic rings. The van der Waals surface area contributed by atoms with Crippen LogP contribution in [0.2, 0.25) is 0 Å². The number of benzene rings is 1. The second-order valence-corrected chi connectivity index (χ2v) is 8.96. The summed E-state index contributed by atoms with van der Waals surface area (Å²) in [6, 6.07) is 4.83. The van der Waals surface area contributed by atoms with Crippen molar-refractivity contribution < 1.29 is 13.2 Å². The third kappa shape index (κ3) is 3.08. The number of anilines is 1. The second kappa shape index (κ2) is 6.41. The van der Waals surface area contributed by atoms with E-state index in [0.717, 1.165) is 12.8 Å². The van der Waals surface area contributed by atoms with Gasteiger partial charge in [-0.2, -0.15) is 4.31 Å². The maximum absolute atomic E-state index is 12.7. The summed E-state index contributed by atoms with van der Waals surface area (Å²) in [6.45, 7) is 1.12. The van der Waals surface area contributed by atoms with Crippen LogP contribution in [0.15, 0.2) is 29.3 Å². The zero-order valence-electron chi connectivity index (χ0n) is 13.9. The number of carbonyl (C=O) groups excluding carboxylic acids is 1. The molecule has 3 heterocycles. The van der Waals surface area contributed by atoms with Gasteiger partial charge in [-0.1, -0.05) is 16.6 Å². The van der Waals surface area contributed by atoms with Crippen molar-refractivity contribution in [3.05, 3.63) is 30.1 Å². The SMILES string of the molecule is Cn1cc(C(=O)Nc2nc3ccc(S(=O)(=O)N4CCCC4)cc3s2)nn1. The first-order chi connectivity index (χ1) is 12.4. The maximum atomic E-state index is 12.7. The minimum absolute atomic E-state index is 0.184. The van der Waals surface area contributed by atoms with Crippen LogP contribution in [0.5, 0.6) is 0 Å². The zero-order valence-corrected chi connectivity index (χ0v) is 15.5. The molecule has 1 amide bonds. The number of sulfonamides is 1. The molecule has 1 saturated heterocycles. The number of nitrogens with one attached hydrogen (secondary N) is 1. The Hall–Kier alpha value is -2.37. The van der Waals surface area contributed by atoms with Gasteiger partial charge in [-0.3, -0.25) is 14.8 Å². The largest absolute Gasteiger partial charge is 0.296 e. The first kappa shape index (κ1) is 17.1. The number of aryl methyl sites for hydroxylation is 1. The maximum Gasteiger partial charge on any atom is 0.279 e. The summed E-state index contributed by atoms with van der Waals surface area (Å²) in [4.78, 5) is 16.7. The van der Waals surface area contributed by atoms with E-state index in [2.05, 4.69) is 20.6 Å². The molecule has 0 atom stereocenters. The molecule has 11 heteroatoms. The van der Waals surface area contributed by atoms with Crippen molar-refractivity contribution in [2.24, 2.45) is 7.05 Å². The Bertz CT molecular complexity index is 1080. The van der Waals surface area contributed by atoms with Gasteiger partial charge in [0.1, 0.15) is 0 Å². The monoisotopic (exact) mass is 392 g/mol. The number of thiazole rings is 1. The number of rotatable bonds is 4. The van der Waals surface area contributed by atoms with Crippen LogP contribution in [0.4, 0.5) is 5.13 Å². The fourth-order valence-corrected chi connectivity index (χ4v) is 5.33. The van der Waals surface area contributed by atoms with Gasteiger partial charge < -0.3 is 0 Å². The molecule has 1 N–H and O–H groups in total. The molecule has 26 heavy (non-hydrogen) atoms. The second-order valence-electron chi connectivity index (χ2n) is 5.99. The van der Waals surface area contributed by atoms with Gasteiger partial charge in [-0.05, 0) is 31.0 Å². The number of carbonyl (C=O) groups is 1. The number of hydrogen-bond acceptors (Lipinski definition) is 7. The van der Waals surface area contributed by atoms with Crippen molar-refractivity contribution in [1.29, 1.82) is 0 Å². The summed E-state index contributed by atoms with van der Waals surface area (Å²) in [5.41, 5.74) is 0.814. The highest BCUT2D eigenvalue weighted by Gasteiger charge is 2.27. The molecule has 0 saturated carbocycles. The van der Waals surface area contributed by atoms with E-state index in [9.17, 15) is 13.2 Å². The Balaban J connectivity index is 1.60. The molecule has 1 aliphatic rings. The van der Waals surface area contributed by atoms with Gasteiger partial charge in [0.25, 0.3) is 5.91 Å². The standard InChI is InChI=1S/C15H16N6O3S2/c1-20-9-12(18-19-20)14(22)17-15-16-11-5-4-10(8-13(11)25-15)26(23,24)21-6-2-3-7-21/h4-5,8-9H,2-3,6-7H2,1H3,(H,16,17,22). The van der Waals surface area contributed by atoms with Crippen molar-refractivity contribution in [3.63, 3.8) is 0 Å². The van der Waals surface area contributed by atoms with E-state index in [1.165, 1.54) is 26.5 Å². The minimum Gasteiger partial charge on any atom is -0.296 e. The Morgan fingerprint density at radius 1 is 1.27 bits per heavy atom. The first-order valence-corrected chi connectivity index (χ1v) is 10.3. The van der Waals surface area contributed by atoms with Crippen LogP contribution in [0, 0.1) is 0 Å². The van der Waals surface area contributed by atoms with E-state index in [1.54, 1.807) is 25.2 Å². The van der Waals surface area contributed by atoms with Crippen molar-refractivity contribution in [2.75, 3.05) is 18.4 Å². The predicted molar refractivity (Wildman–Crippen MR) is 96.6 cm³/mol. The quantitative estimate of drug-likeness (QED) is 0.720. The molecule has 136 valence electrons. The van der Waals surface area contributed by atoms with E-state index in [4.69, 9.17) is 0 Å². The molecule has 1 aromatic carbocycles. The third-order valence-electron chi connectivity index (χ3n) is 4.12. The van der Waals surface area contributed by atoms with Gasteiger partial charge in [-0.15, -0.1) is 5.10 Å². The van der Waals surface area contributed by atoms with Crippen molar-refractivity contribution in [2.45, 2.75) is 17.7 Å². The highest BCUT2D eigenvalue weighted by molar-refractivity contribution is 7.89. The summed E-state index contributed by atoms with van der Waals surface area (Å²) >= 11 is 1.22. The molecular formula is C15H16N6O3S2. The molecular weight excluding hydrogens is 376 g/mol. The van der Waals surface area contributed by atoms with Crippen LogP contribution >= 0.6 is 11.3 Å². The molecule has 1 fully saturated rings. The van der Waals surface area contributed by atoms with E-state index in [0.29, 0.717) is 28.4 Å². The van der Waals surface area contributed by atoms with Crippen LogP contribution in [0.3, 0.4) is 0 Å². The van der Waals surface area contributed by atoms with Crippen molar-refractivity contribution in [3.8, 4) is 0 Å². The van der Waals surface area contributed by atoms with Gasteiger partial charge >= 0.3 is 0 Å². The number of hydrogen-bond donors (Lipinski definition) is 1. The molecule has 0 aliphatic carbocycles. The summed E-state index contributed by atoms with van der Waals surface area (Å²) < 4.78 is 29.0. The van der Waals surface area contributed by atoms with Gasteiger partial charge in [0.2, 0.25) is 10.0 Å². The van der Waals surface area contributed by atoms with Crippen molar-refractivity contribution >= 4 is 42.6 Å². The highest BCUT2D eigenvalue weighted by Crippen LogP contribution is 2.30. The van der Waals surface area contributed by atoms with Crippen LogP contribution in [-0.2, 0) is 17.1 Å². The van der Waals surface area contributed by atoms with E-state index < -0.39 is 15.9 Å². The molecule has 2 aromatic heterocycles. The fourth-order valence-electron chi connectivity index (χ4n) is 2.81. The first-order valence-electron chi connectivity index (χ1n) is 8.02. The van der Waals surface area contributed by atoms with Crippen LogP contribution in [0.1, 0.15) is 23.3 Å². The van der Waals surface area contributed by atoms with Crippen molar-refractivity contribution in [1.82, 2.24) is 24.3 Å². The minimum atomic E-state index is -3.48. The predicted octanol–water partition coefficient (Wildman–Crippen LogP) is 1.46. The fraction of sp³-hybridized carbons (Fsp3) is 0.333. The average molecular weight is 392 g/mol. The van der Waals surface area contributed by atoms with Gasteiger partial charge in [-0.25, -0.2) is 13.4 Å². The summed E-state index contributed by atoms with van der Waals surface area (Å²) in [7, 11) is -1.81. The lowest BCUT2D eigenvalue weighted by atomic mass is 10.3. The molecule has 0 radical (unpaired) electrons. The number of nitrogens with zero attached hydrogens (tertiary/aromatic N) is 5. The number of amides is 1. The normalized spacial score (nSPS) is 15.6. The molecule has 4 rings (SSSR count). The third-order valence-corrected chi connectivity index (χ3v) is 6.95. The Kier molecular flexibility index (Phi) is 4.21. The van der Waals surface area contributed by atoms with Crippen LogP contribution < -0.4 is 5.32 Å². The van der Waals surface area contributed by atoms with Crippen LogP contribution in [0.25, 0.3) is 10.2 Å². The van der Waals surface area contributed by atoms with Crippen LogP contribution in [-0.4, -0.2) is 51.7 Å². The summed E-state index contributed by atoms with van der Waals surface area (Å²) in [5, 5.41) is 10.5. The molecule has 0 bridgehead atoms. The number of fused-ring (bicyclic) bond motifs is 1. The topological polar surface area (TPSA) is 110 Å². The Morgan fingerprint density at radius 3 is 2.73 bits per heavy atom. The molecule has 1 aliphatic heterocycles. The molecule has 9 nitrogen and oxygen atoms in total. The molecule has 0 spiro atoms. The zero-order chi connectivity index (χ0) is 18.3. The smallest absolute Gasteiger partial charge is 0.279 e. The Morgan fingerprint density at radius 2 is 2.04 bits per heavy atom. The lowest BCUT2D eigenvalue weighted by Gasteiger charge is -2.15. The Labute approximate surface area is 153 Å².